The molecule has 0 atom stereocenters. The monoisotopic (exact) mass is 314 g/mol. The number of benzene rings is 1. The Bertz CT molecular complexity index is 588. The van der Waals surface area contributed by atoms with Crippen LogP contribution in [0.5, 0.6) is 0 Å². The Balaban J connectivity index is 1.56. The van der Waals surface area contributed by atoms with Crippen LogP contribution in [0.4, 0.5) is 0 Å². The Morgan fingerprint density at radius 1 is 1.04 bits per heavy atom. The van der Waals surface area contributed by atoms with Crippen LogP contribution < -0.4 is 5.32 Å². The van der Waals surface area contributed by atoms with E-state index in [-0.39, 0.29) is 5.91 Å². The van der Waals surface area contributed by atoms with E-state index >= 15 is 0 Å². The molecule has 0 saturated carbocycles. The first-order valence-electron chi connectivity index (χ1n) is 9.13. The van der Waals surface area contributed by atoms with E-state index in [1.54, 1.807) is 0 Å². The molecule has 1 aromatic carbocycles. The van der Waals surface area contributed by atoms with E-state index in [1.165, 1.54) is 49.5 Å². The highest BCUT2D eigenvalue weighted by molar-refractivity contribution is 5.83. The number of fused-ring (bicyclic) bond motifs is 1. The van der Waals surface area contributed by atoms with Crippen LogP contribution in [-0.2, 0) is 11.2 Å². The van der Waals surface area contributed by atoms with Crippen LogP contribution in [0.3, 0.4) is 0 Å². The lowest BCUT2D eigenvalue weighted by Crippen LogP contribution is -2.25. The average Bonchev–Trinajstić information content (AvgIpc) is 2.97. The minimum Gasteiger partial charge on any atom is -0.361 e. The summed E-state index contributed by atoms with van der Waals surface area (Å²) in [6.45, 7) is 2.96. The van der Waals surface area contributed by atoms with Crippen molar-refractivity contribution in [2.24, 2.45) is 0 Å². The number of rotatable bonds is 11. The van der Waals surface area contributed by atoms with Crippen LogP contribution in [0.25, 0.3) is 10.9 Å². The Hall–Kier alpha value is -1.77. The normalized spacial score (nSPS) is 11.0. The number of carbonyl (C=O) groups is 1. The van der Waals surface area contributed by atoms with Gasteiger partial charge in [0.05, 0.1) is 0 Å². The standard InChI is InChI=1S/C20H30N2O/c1-2-3-4-5-6-7-8-13-20(23)21-15-14-17-16-22-19-12-10-9-11-18(17)19/h9-12,16,22H,2-8,13-15H2,1H3,(H,21,23). The second kappa shape index (κ2) is 10.1. The lowest BCUT2D eigenvalue weighted by Gasteiger charge is -2.05. The molecule has 3 heteroatoms. The van der Waals surface area contributed by atoms with E-state index in [1.807, 2.05) is 12.3 Å². The summed E-state index contributed by atoms with van der Waals surface area (Å²) >= 11 is 0. The van der Waals surface area contributed by atoms with E-state index in [0.29, 0.717) is 6.42 Å². The van der Waals surface area contributed by atoms with Gasteiger partial charge >= 0.3 is 0 Å². The molecule has 1 aromatic heterocycles. The number of unbranched alkanes of at least 4 members (excludes halogenated alkanes) is 6. The third-order valence-electron chi connectivity index (χ3n) is 4.40. The van der Waals surface area contributed by atoms with Gasteiger partial charge in [0.1, 0.15) is 0 Å². The molecular formula is C20H30N2O. The molecule has 0 unspecified atom stereocenters. The van der Waals surface area contributed by atoms with Gasteiger partial charge < -0.3 is 10.3 Å². The fraction of sp³-hybridized carbons (Fsp3) is 0.550. The fourth-order valence-corrected chi connectivity index (χ4v) is 3.01. The highest BCUT2D eigenvalue weighted by atomic mass is 16.1. The number of aromatic nitrogens is 1. The Labute approximate surface area is 139 Å². The maximum absolute atomic E-state index is 11.9. The van der Waals surface area contributed by atoms with Crippen molar-refractivity contribution in [2.75, 3.05) is 6.54 Å². The van der Waals surface area contributed by atoms with Gasteiger partial charge in [0.25, 0.3) is 0 Å². The van der Waals surface area contributed by atoms with Gasteiger partial charge in [-0.3, -0.25) is 4.79 Å². The molecule has 0 aliphatic heterocycles. The number of aromatic amines is 1. The van der Waals surface area contributed by atoms with E-state index < -0.39 is 0 Å². The van der Waals surface area contributed by atoms with Gasteiger partial charge in [0.15, 0.2) is 0 Å². The van der Waals surface area contributed by atoms with Gasteiger partial charge in [-0.15, -0.1) is 0 Å². The van der Waals surface area contributed by atoms with Crippen molar-refractivity contribution in [1.29, 1.82) is 0 Å². The van der Waals surface area contributed by atoms with Crippen LogP contribution in [0.15, 0.2) is 30.5 Å². The molecule has 1 amide bonds. The molecule has 0 spiro atoms. The number of carbonyl (C=O) groups excluding carboxylic acids is 1. The van der Waals surface area contributed by atoms with Gasteiger partial charge in [-0.1, -0.05) is 63.6 Å². The number of amides is 1. The van der Waals surface area contributed by atoms with Crippen molar-refractivity contribution in [3.05, 3.63) is 36.0 Å². The smallest absolute Gasteiger partial charge is 0.220 e. The van der Waals surface area contributed by atoms with Crippen molar-refractivity contribution >= 4 is 16.8 Å². The first-order valence-corrected chi connectivity index (χ1v) is 9.13. The maximum atomic E-state index is 11.9. The van der Waals surface area contributed by atoms with E-state index in [2.05, 4.69) is 35.4 Å². The zero-order valence-corrected chi connectivity index (χ0v) is 14.4. The highest BCUT2D eigenvalue weighted by Crippen LogP contribution is 2.17. The van der Waals surface area contributed by atoms with Crippen LogP contribution in [0.1, 0.15) is 63.9 Å². The summed E-state index contributed by atoms with van der Waals surface area (Å²) in [4.78, 5) is 15.1. The molecule has 2 N–H and O–H groups in total. The van der Waals surface area contributed by atoms with Gasteiger partial charge in [0.2, 0.25) is 5.91 Å². The predicted molar refractivity (Wildman–Crippen MR) is 97.6 cm³/mol. The van der Waals surface area contributed by atoms with Crippen LogP contribution in [0.2, 0.25) is 0 Å². The molecule has 2 aromatic rings. The summed E-state index contributed by atoms with van der Waals surface area (Å²) < 4.78 is 0. The van der Waals surface area contributed by atoms with Crippen molar-refractivity contribution in [1.82, 2.24) is 10.3 Å². The molecule has 0 radical (unpaired) electrons. The molecule has 1 heterocycles. The van der Waals surface area contributed by atoms with Crippen molar-refractivity contribution in [3.8, 4) is 0 Å². The molecular weight excluding hydrogens is 284 g/mol. The number of para-hydroxylation sites is 1. The van der Waals surface area contributed by atoms with Gasteiger partial charge in [0, 0.05) is 30.1 Å². The largest absolute Gasteiger partial charge is 0.361 e. The predicted octanol–water partition coefficient (Wildman–Crippen LogP) is 4.97. The molecule has 0 fully saturated rings. The summed E-state index contributed by atoms with van der Waals surface area (Å²) in [5.41, 5.74) is 2.44. The second-order valence-corrected chi connectivity index (χ2v) is 6.33. The van der Waals surface area contributed by atoms with E-state index in [9.17, 15) is 4.79 Å². The lowest BCUT2D eigenvalue weighted by molar-refractivity contribution is -0.121. The van der Waals surface area contributed by atoms with Crippen LogP contribution >= 0.6 is 0 Å². The quantitative estimate of drug-likeness (QED) is 0.565. The summed E-state index contributed by atoms with van der Waals surface area (Å²) in [7, 11) is 0. The molecule has 0 bridgehead atoms. The fourth-order valence-electron chi connectivity index (χ4n) is 3.01. The number of H-pyrrole nitrogens is 1. The Morgan fingerprint density at radius 3 is 2.61 bits per heavy atom. The molecule has 0 aliphatic rings. The van der Waals surface area contributed by atoms with Crippen molar-refractivity contribution in [2.45, 2.75) is 64.7 Å². The molecule has 126 valence electrons. The Kier molecular flexibility index (Phi) is 7.71. The average molecular weight is 314 g/mol. The minimum atomic E-state index is 0.193. The molecule has 2 rings (SSSR count). The third kappa shape index (κ3) is 6.09. The number of hydrogen-bond acceptors (Lipinski definition) is 1. The second-order valence-electron chi connectivity index (χ2n) is 6.33. The zero-order valence-electron chi connectivity index (χ0n) is 14.4. The van der Waals surface area contributed by atoms with Gasteiger partial charge in [-0.05, 0) is 24.5 Å². The SMILES string of the molecule is CCCCCCCCCC(=O)NCCc1c[nH]c2ccccc12. The summed E-state index contributed by atoms with van der Waals surface area (Å²) in [5, 5.41) is 4.30. The molecule has 0 aliphatic carbocycles. The van der Waals surface area contributed by atoms with Crippen molar-refractivity contribution < 1.29 is 4.79 Å². The first-order chi connectivity index (χ1) is 11.3. The molecule has 0 saturated heterocycles. The van der Waals surface area contributed by atoms with Gasteiger partial charge in [-0.2, -0.15) is 0 Å². The number of nitrogens with one attached hydrogen (secondary N) is 2. The van der Waals surface area contributed by atoms with Crippen molar-refractivity contribution in [3.63, 3.8) is 0 Å². The Morgan fingerprint density at radius 2 is 1.78 bits per heavy atom. The number of hydrogen-bond donors (Lipinski definition) is 2. The summed E-state index contributed by atoms with van der Waals surface area (Å²) in [5.74, 6) is 0.193. The van der Waals surface area contributed by atoms with Crippen LogP contribution in [-0.4, -0.2) is 17.4 Å². The van der Waals surface area contributed by atoms with Gasteiger partial charge in [-0.25, -0.2) is 0 Å². The first kappa shape index (κ1) is 17.6. The molecule has 23 heavy (non-hydrogen) atoms. The van der Waals surface area contributed by atoms with E-state index in [4.69, 9.17) is 0 Å². The lowest BCUT2D eigenvalue weighted by atomic mass is 10.1. The summed E-state index contributed by atoms with van der Waals surface area (Å²) in [6, 6.07) is 8.30. The minimum absolute atomic E-state index is 0.193. The highest BCUT2D eigenvalue weighted by Gasteiger charge is 2.04. The third-order valence-corrected chi connectivity index (χ3v) is 4.40. The van der Waals surface area contributed by atoms with E-state index in [0.717, 1.165) is 24.9 Å². The zero-order chi connectivity index (χ0) is 16.3. The topological polar surface area (TPSA) is 44.9 Å². The molecule has 3 nitrogen and oxygen atoms in total. The van der Waals surface area contributed by atoms with Crippen LogP contribution in [0, 0.1) is 0 Å². The summed E-state index contributed by atoms with van der Waals surface area (Å²) in [6.07, 6.45) is 12.4. The maximum Gasteiger partial charge on any atom is 0.220 e.